The molecule has 1 atom stereocenters. The van der Waals surface area contributed by atoms with E-state index in [4.69, 9.17) is 27.9 Å². The highest BCUT2D eigenvalue weighted by Crippen LogP contribution is 2.28. The molecule has 0 aliphatic carbocycles. The number of nitrogens with one attached hydrogen (secondary N) is 1. The Morgan fingerprint density at radius 3 is 2.56 bits per heavy atom. The zero-order valence-electron chi connectivity index (χ0n) is 17.1. The minimum atomic E-state index is -0.459. The quantitative estimate of drug-likeness (QED) is 0.262. The number of halogens is 3. The van der Waals surface area contributed by atoms with Gasteiger partial charge in [0.15, 0.2) is 0 Å². The van der Waals surface area contributed by atoms with Gasteiger partial charge in [-0.25, -0.2) is 0 Å². The molecule has 0 aliphatic rings. The molecule has 0 bridgehead atoms. The van der Waals surface area contributed by atoms with Crippen LogP contribution in [0, 0.1) is 11.3 Å². The third-order valence-corrected chi connectivity index (χ3v) is 5.89. The van der Waals surface area contributed by atoms with Crippen molar-refractivity contribution in [2.45, 2.75) is 19.6 Å². The number of ether oxygens (including phenoxy) is 1. The summed E-state index contributed by atoms with van der Waals surface area (Å²) in [5.41, 5.74) is 2.36. The third-order valence-electron chi connectivity index (χ3n) is 4.66. The second-order valence-electron chi connectivity index (χ2n) is 6.99. The van der Waals surface area contributed by atoms with Crippen LogP contribution in [-0.2, 0) is 11.4 Å². The molecule has 0 heterocycles. The number of benzene rings is 3. The van der Waals surface area contributed by atoms with Crippen LogP contribution in [0.4, 0.5) is 0 Å². The molecule has 1 amide bonds. The number of carbonyl (C=O) groups is 1. The monoisotopic (exact) mass is 528 g/mol. The van der Waals surface area contributed by atoms with Crippen molar-refractivity contribution in [3.05, 3.63) is 104 Å². The molecule has 7 heteroatoms. The van der Waals surface area contributed by atoms with Gasteiger partial charge in [-0.2, -0.15) is 5.26 Å². The lowest BCUT2D eigenvalue weighted by molar-refractivity contribution is -0.117. The van der Waals surface area contributed by atoms with Crippen LogP contribution >= 0.6 is 39.1 Å². The zero-order valence-corrected chi connectivity index (χ0v) is 20.2. The topological polar surface area (TPSA) is 62.1 Å². The fraction of sp³-hybridized carbons (Fsp3) is 0.120. The highest BCUT2D eigenvalue weighted by atomic mass is 79.9. The fourth-order valence-corrected chi connectivity index (χ4v) is 3.66. The Bertz CT molecular complexity index is 1190. The van der Waals surface area contributed by atoms with Crippen LogP contribution in [-0.4, -0.2) is 5.91 Å². The Labute approximate surface area is 205 Å². The summed E-state index contributed by atoms with van der Waals surface area (Å²) in [5.74, 6) is 0.0650. The van der Waals surface area contributed by atoms with E-state index in [1.165, 1.54) is 6.08 Å². The van der Waals surface area contributed by atoms with Crippen LogP contribution in [0.25, 0.3) is 6.08 Å². The number of hydrogen-bond acceptors (Lipinski definition) is 3. The van der Waals surface area contributed by atoms with Gasteiger partial charge >= 0.3 is 0 Å². The summed E-state index contributed by atoms with van der Waals surface area (Å²) in [6, 6.07) is 21.9. The van der Waals surface area contributed by atoms with Crippen LogP contribution < -0.4 is 10.1 Å². The largest absolute Gasteiger partial charge is 0.488 e. The molecule has 0 saturated carbocycles. The van der Waals surface area contributed by atoms with Gasteiger partial charge in [0.05, 0.1) is 16.1 Å². The van der Waals surface area contributed by atoms with Gasteiger partial charge in [-0.05, 0) is 54.5 Å². The van der Waals surface area contributed by atoms with Gasteiger partial charge in [0.1, 0.15) is 24.0 Å². The average Bonchev–Trinajstić information content (AvgIpc) is 2.79. The molecule has 3 rings (SSSR count). The normalized spacial score (nSPS) is 12.0. The molecule has 1 N–H and O–H groups in total. The molecule has 0 aromatic heterocycles. The van der Waals surface area contributed by atoms with Crippen LogP contribution in [0.1, 0.15) is 29.7 Å². The van der Waals surface area contributed by atoms with Crippen LogP contribution in [0.15, 0.2) is 76.8 Å². The first-order valence-corrected chi connectivity index (χ1v) is 11.3. The average molecular weight is 530 g/mol. The number of hydrogen-bond donors (Lipinski definition) is 1. The van der Waals surface area contributed by atoms with E-state index in [0.717, 1.165) is 15.6 Å². The van der Waals surface area contributed by atoms with Gasteiger partial charge in [-0.15, -0.1) is 0 Å². The molecule has 0 aliphatic heterocycles. The SMILES string of the molecule is C[C@@H](NC(=O)/C(C#N)=C\c1cc(Br)ccc1OCc1ccc(Cl)c(Cl)c1)c1ccccc1. The van der Waals surface area contributed by atoms with Gasteiger partial charge in [-0.1, -0.05) is 75.5 Å². The Kier molecular flexibility index (Phi) is 8.35. The number of carbonyl (C=O) groups excluding carboxylic acids is 1. The Morgan fingerprint density at radius 2 is 1.88 bits per heavy atom. The van der Waals surface area contributed by atoms with E-state index in [9.17, 15) is 10.1 Å². The predicted molar refractivity (Wildman–Crippen MR) is 132 cm³/mol. The molecule has 162 valence electrons. The molecule has 0 unspecified atom stereocenters. The first-order chi connectivity index (χ1) is 15.4. The maximum atomic E-state index is 12.7. The van der Waals surface area contributed by atoms with E-state index in [2.05, 4.69) is 21.2 Å². The number of nitrogens with zero attached hydrogens (tertiary/aromatic N) is 1. The Morgan fingerprint density at radius 1 is 1.12 bits per heavy atom. The van der Waals surface area contributed by atoms with Crippen molar-refractivity contribution in [3.8, 4) is 11.8 Å². The van der Waals surface area contributed by atoms with Crippen molar-refractivity contribution in [2.24, 2.45) is 0 Å². The van der Waals surface area contributed by atoms with Crippen molar-refractivity contribution in [2.75, 3.05) is 0 Å². The summed E-state index contributed by atoms with van der Waals surface area (Å²) in [6.45, 7) is 2.12. The van der Waals surface area contributed by atoms with E-state index in [1.807, 2.05) is 55.5 Å². The summed E-state index contributed by atoms with van der Waals surface area (Å²) >= 11 is 15.5. The van der Waals surface area contributed by atoms with Crippen LogP contribution in [0.5, 0.6) is 5.75 Å². The number of rotatable bonds is 7. The maximum absolute atomic E-state index is 12.7. The van der Waals surface area contributed by atoms with Gasteiger partial charge in [0, 0.05) is 10.0 Å². The molecule has 0 spiro atoms. The van der Waals surface area contributed by atoms with Crippen molar-refractivity contribution >= 4 is 51.1 Å². The lowest BCUT2D eigenvalue weighted by Gasteiger charge is -2.14. The summed E-state index contributed by atoms with van der Waals surface area (Å²) in [4.78, 5) is 12.7. The number of amides is 1. The minimum Gasteiger partial charge on any atom is -0.488 e. The molecule has 32 heavy (non-hydrogen) atoms. The van der Waals surface area contributed by atoms with Gasteiger partial charge < -0.3 is 10.1 Å². The highest BCUT2D eigenvalue weighted by molar-refractivity contribution is 9.10. The standard InChI is InChI=1S/C25H19BrCl2N2O2/c1-16(18-5-3-2-4-6-18)30-25(31)20(14-29)12-19-13-21(26)8-10-24(19)32-15-17-7-9-22(27)23(28)11-17/h2-13,16H,15H2,1H3,(H,30,31)/b20-12-/t16-/m1/s1. The minimum absolute atomic E-state index is 0.0229. The second-order valence-corrected chi connectivity index (χ2v) is 8.73. The molecule has 3 aromatic carbocycles. The zero-order chi connectivity index (χ0) is 23.1. The van der Waals surface area contributed by atoms with Crippen molar-refractivity contribution in [1.29, 1.82) is 5.26 Å². The molecule has 3 aromatic rings. The first kappa shape index (κ1) is 23.9. The van der Waals surface area contributed by atoms with Crippen LogP contribution in [0.3, 0.4) is 0 Å². The van der Waals surface area contributed by atoms with Gasteiger partial charge in [0.25, 0.3) is 5.91 Å². The Balaban J connectivity index is 1.80. The molecule has 0 fully saturated rings. The summed E-state index contributed by atoms with van der Waals surface area (Å²) in [7, 11) is 0. The third kappa shape index (κ3) is 6.37. The van der Waals surface area contributed by atoms with E-state index in [1.54, 1.807) is 24.3 Å². The second kappa shape index (κ2) is 11.2. The van der Waals surface area contributed by atoms with Crippen molar-refractivity contribution in [1.82, 2.24) is 5.32 Å². The van der Waals surface area contributed by atoms with E-state index < -0.39 is 5.91 Å². The van der Waals surface area contributed by atoms with Crippen molar-refractivity contribution < 1.29 is 9.53 Å². The smallest absolute Gasteiger partial charge is 0.262 e. The predicted octanol–water partition coefficient (Wildman–Crippen LogP) is 7.12. The molecule has 0 saturated heterocycles. The van der Waals surface area contributed by atoms with E-state index in [-0.39, 0.29) is 18.2 Å². The van der Waals surface area contributed by atoms with Crippen molar-refractivity contribution in [3.63, 3.8) is 0 Å². The lowest BCUT2D eigenvalue weighted by Crippen LogP contribution is -2.27. The van der Waals surface area contributed by atoms with Crippen LogP contribution in [0.2, 0.25) is 10.0 Å². The summed E-state index contributed by atoms with van der Waals surface area (Å²) < 4.78 is 6.73. The molecule has 4 nitrogen and oxygen atoms in total. The van der Waals surface area contributed by atoms with E-state index >= 15 is 0 Å². The molecule has 0 radical (unpaired) electrons. The molecular formula is C25H19BrCl2N2O2. The Hall–Kier alpha value is -2.78. The highest BCUT2D eigenvalue weighted by Gasteiger charge is 2.15. The number of nitriles is 1. The summed E-state index contributed by atoms with van der Waals surface area (Å²) in [6.07, 6.45) is 1.52. The lowest BCUT2D eigenvalue weighted by atomic mass is 10.1. The fourth-order valence-electron chi connectivity index (χ4n) is 2.96. The molecular weight excluding hydrogens is 511 g/mol. The van der Waals surface area contributed by atoms with Gasteiger partial charge in [-0.3, -0.25) is 4.79 Å². The first-order valence-electron chi connectivity index (χ1n) is 9.71. The van der Waals surface area contributed by atoms with E-state index in [0.29, 0.717) is 21.4 Å². The summed E-state index contributed by atoms with van der Waals surface area (Å²) in [5, 5.41) is 13.4. The maximum Gasteiger partial charge on any atom is 0.262 e. The van der Waals surface area contributed by atoms with Gasteiger partial charge in [0.2, 0.25) is 0 Å².